The number of rotatable bonds is 2. The molecule has 1 atom stereocenters. The summed E-state index contributed by atoms with van der Waals surface area (Å²) in [5.74, 6) is -0.263. The predicted octanol–water partition coefficient (Wildman–Crippen LogP) is 1.25. The van der Waals surface area contributed by atoms with Gasteiger partial charge in [0.05, 0.1) is 19.8 Å². The number of nitrogens with zero attached hydrogens (tertiary/aromatic N) is 1. The van der Waals surface area contributed by atoms with Crippen LogP contribution >= 0.6 is 12.4 Å². The van der Waals surface area contributed by atoms with Crippen LogP contribution in [0.1, 0.15) is 26.2 Å². The van der Waals surface area contributed by atoms with Gasteiger partial charge in [-0.3, -0.25) is 4.90 Å². The maximum atomic E-state index is 5.83. The molecule has 1 spiro atoms. The minimum atomic E-state index is -0.263. The van der Waals surface area contributed by atoms with Crippen molar-refractivity contribution in [1.82, 2.24) is 10.2 Å². The Kier molecular flexibility index (Phi) is 4.55. The minimum Gasteiger partial charge on any atom is -0.346 e. The highest BCUT2D eigenvalue weighted by Gasteiger charge is 2.42. The normalized spacial score (nSPS) is 35.8. The summed E-state index contributed by atoms with van der Waals surface area (Å²) in [6.07, 6.45) is 3.56. The van der Waals surface area contributed by atoms with Gasteiger partial charge in [-0.15, -0.1) is 12.4 Å². The number of piperidine rings is 1. The van der Waals surface area contributed by atoms with Crippen molar-refractivity contribution in [2.24, 2.45) is 5.41 Å². The summed E-state index contributed by atoms with van der Waals surface area (Å²) >= 11 is 0. The van der Waals surface area contributed by atoms with Crippen LogP contribution in [0.15, 0.2) is 0 Å². The first-order valence-electron chi connectivity index (χ1n) is 6.91. The van der Waals surface area contributed by atoms with Crippen LogP contribution in [0, 0.1) is 5.41 Å². The molecule has 0 aromatic heterocycles. The van der Waals surface area contributed by atoms with E-state index in [0.29, 0.717) is 5.41 Å². The first-order chi connectivity index (χ1) is 8.20. The average molecular weight is 277 g/mol. The van der Waals surface area contributed by atoms with Gasteiger partial charge in [-0.2, -0.15) is 0 Å². The van der Waals surface area contributed by atoms with Crippen LogP contribution in [0.4, 0.5) is 0 Å². The molecule has 3 aliphatic heterocycles. The van der Waals surface area contributed by atoms with Crippen molar-refractivity contribution in [2.75, 3.05) is 45.9 Å². The third-order valence-electron chi connectivity index (χ3n) is 4.37. The quantitative estimate of drug-likeness (QED) is 0.823. The Morgan fingerprint density at radius 1 is 1.22 bits per heavy atom. The SMILES string of the molecule is CC1(CN2CCCC3(C2)OCCO3)CCNC1.Cl. The molecule has 106 valence electrons. The van der Waals surface area contributed by atoms with Gasteiger partial charge in [-0.05, 0) is 31.3 Å². The van der Waals surface area contributed by atoms with Gasteiger partial charge in [0.2, 0.25) is 0 Å². The Hall–Kier alpha value is 0.130. The maximum Gasteiger partial charge on any atom is 0.181 e. The molecule has 3 saturated heterocycles. The van der Waals surface area contributed by atoms with Crippen LogP contribution in [-0.2, 0) is 9.47 Å². The van der Waals surface area contributed by atoms with E-state index in [9.17, 15) is 0 Å². The van der Waals surface area contributed by atoms with Gasteiger partial charge in [0, 0.05) is 19.5 Å². The second kappa shape index (κ2) is 5.63. The topological polar surface area (TPSA) is 33.7 Å². The average Bonchev–Trinajstić information content (AvgIpc) is 2.89. The number of nitrogens with one attached hydrogen (secondary N) is 1. The first kappa shape index (κ1) is 14.5. The molecule has 1 unspecified atom stereocenters. The van der Waals surface area contributed by atoms with Gasteiger partial charge in [0.15, 0.2) is 5.79 Å². The lowest BCUT2D eigenvalue weighted by molar-refractivity contribution is -0.191. The summed E-state index contributed by atoms with van der Waals surface area (Å²) in [6.45, 7) is 9.59. The smallest absolute Gasteiger partial charge is 0.181 e. The Balaban J connectivity index is 0.00000120. The molecule has 0 radical (unpaired) electrons. The van der Waals surface area contributed by atoms with E-state index < -0.39 is 0 Å². The van der Waals surface area contributed by atoms with Crippen molar-refractivity contribution in [2.45, 2.75) is 32.0 Å². The molecule has 0 aromatic carbocycles. The number of hydrogen-bond acceptors (Lipinski definition) is 4. The van der Waals surface area contributed by atoms with Crippen LogP contribution in [0.5, 0.6) is 0 Å². The second-order valence-electron chi connectivity index (χ2n) is 6.16. The third-order valence-corrected chi connectivity index (χ3v) is 4.37. The van der Waals surface area contributed by atoms with Crippen molar-refractivity contribution in [3.63, 3.8) is 0 Å². The molecule has 0 aliphatic carbocycles. The summed E-state index contributed by atoms with van der Waals surface area (Å²) < 4.78 is 11.7. The molecule has 3 aliphatic rings. The lowest BCUT2D eigenvalue weighted by atomic mass is 9.88. The molecule has 3 rings (SSSR count). The fraction of sp³-hybridized carbons (Fsp3) is 1.00. The summed E-state index contributed by atoms with van der Waals surface area (Å²) in [7, 11) is 0. The van der Waals surface area contributed by atoms with Crippen molar-refractivity contribution in [1.29, 1.82) is 0 Å². The molecule has 1 N–H and O–H groups in total. The van der Waals surface area contributed by atoms with Gasteiger partial charge < -0.3 is 14.8 Å². The molecule has 0 saturated carbocycles. The van der Waals surface area contributed by atoms with Crippen molar-refractivity contribution < 1.29 is 9.47 Å². The van der Waals surface area contributed by atoms with Gasteiger partial charge >= 0.3 is 0 Å². The molecular formula is C13H25ClN2O2. The number of halogens is 1. The predicted molar refractivity (Wildman–Crippen MR) is 73.2 cm³/mol. The lowest BCUT2D eigenvalue weighted by Crippen LogP contribution is -2.51. The molecule has 0 bridgehead atoms. The molecule has 4 nitrogen and oxygen atoms in total. The maximum absolute atomic E-state index is 5.83. The number of hydrogen-bond donors (Lipinski definition) is 1. The number of ether oxygens (including phenoxy) is 2. The highest BCUT2D eigenvalue weighted by molar-refractivity contribution is 5.85. The zero-order valence-electron chi connectivity index (χ0n) is 11.2. The van der Waals surface area contributed by atoms with Crippen LogP contribution < -0.4 is 5.32 Å². The fourth-order valence-electron chi connectivity index (χ4n) is 3.48. The van der Waals surface area contributed by atoms with Crippen molar-refractivity contribution in [3.05, 3.63) is 0 Å². The zero-order chi connectivity index (χ0) is 11.8. The van der Waals surface area contributed by atoms with Gasteiger partial charge in [-0.1, -0.05) is 6.92 Å². The Morgan fingerprint density at radius 3 is 2.67 bits per heavy atom. The van der Waals surface area contributed by atoms with Gasteiger partial charge in [0.1, 0.15) is 0 Å². The highest BCUT2D eigenvalue weighted by Crippen LogP contribution is 2.33. The van der Waals surface area contributed by atoms with Crippen LogP contribution in [0.2, 0.25) is 0 Å². The van der Waals surface area contributed by atoms with Crippen LogP contribution in [-0.4, -0.2) is 56.6 Å². The fourth-order valence-corrected chi connectivity index (χ4v) is 3.48. The molecule has 0 amide bonds. The Labute approximate surface area is 116 Å². The van der Waals surface area contributed by atoms with Crippen LogP contribution in [0.3, 0.4) is 0 Å². The summed E-state index contributed by atoms with van der Waals surface area (Å²) in [5, 5.41) is 3.47. The highest BCUT2D eigenvalue weighted by atomic mass is 35.5. The van der Waals surface area contributed by atoms with E-state index in [2.05, 4.69) is 17.1 Å². The van der Waals surface area contributed by atoms with E-state index in [0.717, 1.165) is 32.7 Å². The van der Waals surface area contributed by atoms with Gasteiger partial charge in [0.25, 0.3) is 0 Å². The monoisotopic (exact) mass is 276 g/mol. The number of likely N-dealkylation sites (tertiary alicyclic amines) is 1. The van der Waals surface area contributed by atoms with E-state index in [4.69, 9.17) is 9.47 Å². The van der Waals surface area contributed by atoms with E-state index in [1.807, 2.05) is 0 Å². The third kappa shape index (κ3) is 2.99. The first-order valence-corrected chi connectivity index (χ1v) is 6.91. The van der Waals surface area contributed by atoms with Crippen molar-refractivity contribution >= 4 is 12.4 Å². The summed E-state index contributed by atoms with van der Waals surface area (Å²) in [5.41, 5.74) is 0.442. The standard InChI is InChI=1S/C13H24N2O2.ClH/c1-12(4-5-14-9-12)10-15-6-2-3-13(11-15)16-7-8-17-13;/h14H,2-11H2,1H3;1H. The second-order valence-corrected chi connectivity index (χ2v) is 6.16. The zero-order valence-corrected chi connectivity index (χ0v) is 12.1. The van der Waals surface area contributed by atoms with E-state index in [1.165, 1.54) is 32.5 Å². The minimum absolute atomic E-state index is 0. The molecule has 5 heteroatoms. The Bertz CT molecular complexity index is 274. The molecule has 18 heavy (non-hydrogen) atoms. The lowest BCUT2D eigenvalue weighted by Gasteiger charge is -2.41. The molecule has 3 fully saturated rings. The summed E-state index contributed by atoms with van der Waals surface area (Å²) in [4.78, 5) is 2.54. The van der Waals surface area contributed by atoms with Gasteiger partial charge in [-0.25, -0.2) is 0 Å². The van der Waals surface area contributed by atoms with Crippen molar-refractivity contribution in [3.8, 4) is 0 Å². The summed E-state index contributed by atoms with van der Waals surface area (Å²) in [6, 6.07) is 0. The molecular weight excluding hydrogens is 252 g/mol. The van der Waals surface area contributed by atoms with E-state index in [-0.39, 0.29) is 18.2 Å². The Morgan fingerprint density at radius 2 is 2.00 bits per heavy atom. The largest absolute Gasteiger partial charge is 0.346 e. The molecule has 0 aromatic rings. The van der Waals surface area contributed by atoms with E-state index in [1.54, 1.807) is 0 Å². The van der Waals surface area contributed by atoms with Crippen LogP contribution in [0.25, 0.3) is 0 Å². The molecule has 3 heterocycles. The van der Waals surface area contributed by atoms with E-state index >= 15 is 0 Å².